The molecule has 122 valence electrons. The molecular formula is C15H22N2O5. The average Bonchev–Trinajstić information content (AvgIpc) is 2.51. The highest BCUT2D eigenvalue weighted by molar-refractivity contribution is 5.99. The third-order valence-electron chi connectivity index (χ3n) is 3.34. The number of hydrogen-bond acceptors (Lipinski definition) is 5. The third kappa shape index (κ3) is 4.09. The van der Waals surface area contributed by atoms with Gasteiger partial charge in [0.2, 0.25) is 0 Å². The molecule has 1 aromatic carbocycles. The van der Waals surface area contributed by atoms with Crippen LogP contribution in [-0.2, 0) is 0 Å². The van der Waals surface area contributed by atoms with Crippen LogP contribution >= 0.6 is 0 Å². The Morgan fingerprint density at radius 3 is 2.36 bits per heavy atom. The van der Waals surface area contributed by atoms with Crippen LogP contribution in [0.25, 0.3) is 0 Å². The number of nitro groups is 1. The van der Waals surface area contributed by atoms with Crippen molar-refractivity contribution in [3.05, 3.63) is 27.8 Å². The Morgan fingerprint density at radius 2 is 1.91 bits per heavy atom. The van der Waals surface area contributed by atoms with Gasteiger partial charge in [-0.05, 0) is 19.8 Å². The minimum absolute atomic E-state index is 0.0234. The quantitative estimate of drug-likeness (QED) is 0.589. The molecule has 22 heavy (non-hydrogen) atoms. The van der Waals surface area contributed by atoms with E-state index >= 15 is 0 Å². The van der Waals surface area contributed by atoms with E-state index in [1.807, 2.05) is 13.8 Å². The Kier molecular flexibility index (Phi) is 6.62. The Balaban J connectivity index is 3.27. The SMILES string of the molecule is CCOc1cc(C(=O)NC(CC)CC)c([N+](=O)[O-])cc1OC. The molecule has 0 atom stereocenters. The van der Waals surface area contributed by atoms with Crippen LogP contribution < -0.4 is 14.8 Å². The summed E-state index contributed by atoms with van der Waals surface area (Å²) in [6, 6.07) is 2.55. The van der Waals surface area contributed by atoms with E-state index in [4.69, 9.17) is 9.47 Å². The average molecular weight is 310 g/mol. The molecular weight excluding hydrogens is 288 g/mol. The van der Waals surface area contributed by atoms with Crippen LogP contribution in [0.4, 0.5) is 5.69 Å². The van der Waals surface area contributed by atoms with Gasteiger partial charge in [0.15, 0.2) is 11.5 Å². The fraction of sp³-hybridized carbons (Fsp3) is 0.533. The van der Waals surface area contributed by atoms with Crippen molar-refractivity contribution in [3.63, 3.8) is 0 Å². The molecule has 0 radical (unpaired) electrons. The summed E-state index contributed by atoms with van der Waals surface area (Å²) in [6.07, 6.45) is 1.51. The molecule has 0 aliphatic carbocycles. The molecule has 0 saturated heterocycles. The zero-order valence-corrected chi connectivity index (χ0v) is 13.3. The number of amides is 1. The second-order valence-electron chi connectivity index (χ2n) is 4.70. The van der Waals surface area contributed by atoms with Gasteiger partial charge in [-0.25, -0.2) is 0 Å². The van der Waals surface area contributed by atoms with Crippen molar-refractivity contribution in [3.8, 4) is 11.5 Å². The number of nitro benzene ring substituents is 1. The first-order valence-electron chi connectivity index (χ1n) is 7.28. The molecule has 0 aromatic heterocycles. The predicted octanol–water partition coefficient (Wildman–Crippen LogP) is 2.92. The fourth-order valence-electron chi connectivity index (χ4n) is 2.07. The lowest BCUT2D eigenvalue weighted by atomic mass is 10.1. The topological polar surface area (TPSA) is 90.7 Å². The second kappa shape index (κ2) is 8.21. The zero-order chi connectivity index (χ0) is 16.7. The predicted molar refractivity (Wildman–Crippen MR) is 82.7 cm³/mol. The summed E-state index contributed by atoms with van der Waals surface area (Å²) >= 11 is 0. The Bertz CT molecular complexity index is 541. The van der Waals surface area contributed by atoms with Gasteiger partial charge in [-0.2, -0.15) is 0 Å². The van der Waals surface area contributed by atoms with Crippen LogP contribution in [0, 0.1) is 10.1 Å². The Hall–Kier alpha value is -2.31. The van der Waals surface area contributed by atoms with Crippen LogP contribution in [0.1, 0.15) is 44.0 Å². The third-order valence-corrected chi connectivity index (χ3v) is 3.34. The van der Waals surface area contributed by atoms with E-state index in [1.165, 1.54) is 19.2 Å². The molecule has 1 amide bonds. The van der Waals surface area contributed by atoms with E-state index in [0.717, 1.165) is 12.8 Å². The Morgan fingerprint density at radius 1 is 1.27 bits per heavy atom. The maximum Gasteiger partial charge on any atom is 0.286 e. The van der Waals surface area contributed by atoms with Gasteiger partial charge >= 0.3 is 0 Å². The zero-order valence-electron chi connectivity index (χ0n) is 13.3. The van der Waals surface area contributed by atoms with Gasteiger partial charge in [0.05, 0.1) is 24.7 Å². The fourth-order valence-corrected chi connectivity index (χ4v) is 2.07. The van der Waals surface area contributed by atoms with Crippen LogP contribution in [0.3, 0.4) is 0 Å². The van der Waals surface area contributed by atoms with Crippen LogP contribution in [0.5, 0.6) is 11.5 Å². The monoisotopic (exact) mass is 310 g/mol. The number of carbonyl (C=O) groups is 1. The highest BCUT2D eigenvalue weighted by Gasteiger charge is 2.25. The molecule has 7 nitrogen and oxygen atoms in total. The number of nitrogens with one attached hydrogen (secondary N) is 1. The number of nitrogens with zero attached hydrogens (tertiary/aromatic N) is 1. The summed E-state index contributed by atoms with van der Waals surface area (Å²) < 4.78 is 10.5. The molecule has 1 N–H and O–H groups in total. The standard InChI is InChI=1S/C15H22N2O5/c1-5-10(6-2)16-15(18)11-8-14(22-7-3)13(21-4)9-12(11)17(19)20/h8-10H,5-7H2,1-4H3,(H,16,18). The Labute approximate surface area is 129 Å². The summed E-state index contributed by atoms with van der Waals surface area (Å²) in [5.41, 5.74) is -0.329. The largest absolute Gasteiger partial charge is 0.493 e. The van der Waals surface area contributed by atoms with Crippen molar-refractivity contribution in [1.29, 1.82) is 0 Å². The molecule has 0 unspecified atom stereocenters. The van der Waals surface area contributed by atoms with Crippen molar-refractivity contribution in [2.24, 2.45) is 0 Å². The molecule has 0 fully saturated rings. The first-order valence-corrected chi connectivity index (χ1v) is 7.28. The van der Waals surface area contributed by atoms with E-state index in [2.05, 4.69) is 5.32 Å². The van der Waals surface area contributed by atoms with Crippen molar-refractivity contribution in [1.82, 2.24) is 5.32 Å². The maximum absolute atomic E-state index is 12.3. The molecule has 1 rings (SSSR count). The van der Waals surface area contributed by atoms with Gasteiger partial charge in [0.25, 0.3) is 11.6 Å². The van der Waals surface area contributed by atoms with E-state index in [1.54, 1.807) is 6.92 Å². The highest BCUT2D eigenvalue weighted by atomic mass is 16.6. The molecule has 0 saturated carbocycles. The number of hydrogen-bond donors (Lipinski definition) is 1. The van der Waals surface area contributed by atoms with Crippen molar-refractivity contribution >= 4 is 11.6 Å². The molecule has 0 heterocycles. The molecule has 7 heteroatoms. The van der Waals surface area contributed by atoms with E-state index in [-0.39, 0.29) is 23.0 Å². The summed E-state index contributed by atoms with van der Waals surface area (Å²) in [4.78, 5) is 23.0. The lowest BCUT2D eigenvalue weighted by molar-refractivity contribution is -0.385. The summed E-state index contributed by atoms with van der Waals surface area (Å²) in [5, 5.41) is 14.0. The maximum atomic E-state index is 12.3. The molecule has 0 spiro atoms. The van der Waals surface area contributed by atoms with Gasteiger partial charge in [-0.1, -0.05) is 13.8 Å². The van der Waals surface area contributed by atoms with Crippen LogP contribution in [0.15, 0.2) is 12.1 Å². The van der Waals surface area contributed by atoms with Crippen LogP contribution in [-0.4, -0.2) is 30.6 Å². The molecule has 1 aromatic rings. The summed E-state index contributed by atoms with van der Waals surface area (Å²) in [7, 11) is 1.39. The number of ether oxygens (including phenoxy) is 2. The first kappa shape index (κ1) is 17.7. The normalized spacial score (nSPS) is 10.4. The van der Waals surface area contributed by atoms with E-state index in [0.29, 0.717) is 12.4 Å². The van der Waals surface area contributed by atoms with Crippen LogP contribution in [0.2, 0.25) is 0 Å². The summed E-state index contributed by atoms with van der Waals surface area (Å²) in [5.74, 6) is 0.0573. The molecule has 0 bridgehead atoms. The van der Waals surface area contributed by atoms with Crippen molar-refractivity contribution < 1.29 is 19.2 Å². The number of methoxy groups -OCH3 is 1. The van der Waals surface area contributed by atoms with Gasteiger partial charge in [-0.15, -0.1) is 0 Å². The van der Waals surface area contributed by atoms with Gasteiger partial charge in [0, 0.05) is 12.1 Å². The van der Waals surface area contributed by atoms with Crippen molar-refractivity contribution in [2.45, 2.75) is 39.7 Å². The molecule has 0 aliphatic rings. The smallest absolute Gasteiger partial charge is 0.286 e. The van der Waals surface area contributed by atoms with Crippen molar-refractivity contribution in [2.75, 3.05) is 13.7 Å². The first-order chi connectivity index (χ1) is 10.5. The summed E-state index contributed by atoms with van der Waals surface area (Å²) in [6.45, 7) is 6.04. The van der Waals surface area contributed by atoms with Gasteiger partial charge in [-0.3, -0.25) is 14.9 Å². The molecule has 0 aliphatic heterocycles. The number of rotatable bonds is 8. The number of carbonyl (C=O) groups excluding carboxylic acids is 1. The van der Waals surface area contributed by atoms with Gasteiger partial charge < -0.3 is 14.8 Å². The lowest BCUT2D eigenvalue weighted by Crippen LogP contribution is -2.34. The van der Waals surface area contributed by atoms with E-state index in [9.17, 15) is 14.9 Å². The minimum Gasteiger partial charge on any atom is -0.493 e. The number of benzene rings is 1. The highest BCUT2D eigenvalue weighted by Crippen LogP contribution is 2.34. The second-order valence-corrected chi connectivity index (χ2v) is 4.70. The van der Waals surface area contributed by atoms with E-state index < -0.39 is 10.8 Å². The van der Waals surface area contributed by atoms with Gasteiger partial charge in [0.1, 0.15) is 5.56 Å². The minimum atomic E-state index is -0.597. The lowest BCUT2D eigenvalue weighted by Gasteiger charge is -2.16.